The summed E-state index contributed by atoms with van der Waals surface area (Å²) in [6.45, 7) is 3.40. The first-order chi connectivity index (χ1) is 18.3. The molecule has 200 valence electrons. The predicted octanol–water partition coefficient (Wildman–Crippen LogP) is 4.09. The molecule has 2 N–H and O–H groups in total. The molecule has 0 spiro atoms. The highest BCUT2D eigenvalue weighted by atomic mass is 35.5. The Morgan fingerprint density at radius 2 is 1.95 bits per heavy atom. The summed E-state index contributed by atoms with van der Waals surface area (Å²) in [7, 11) is 1.71. The van der Waals surface area contributed by atoms with E-state index in [0.29, 0.717) is 31.1 Å². The van der Waals surface area contributed by atoms with E-state index in [2.05, 4.69) is 28.6 Å². The molecule has 2 saturated heterocycles. The number of piperidine rings is 1. The third-order valence-corrected chi connectivity index (χ3v) is 8.69. The van der Waals surface area contributed by atoms with Crippen LogP contribution in [0.4, 0.5) is 4.79 Å². The number of rotatable bonds is 7. The molecule has 2 aliphatic heterocycles. The number of halogens is 1. The molecule has 1 amide bonds. The van der Waals surface area contributed by atoms with E-state index < -0.39 is 30.0 Å². The van der Waals surface area contributed by atoms with Gasteiger partial charge in [0.05, 0.1) is 42.4 Å². The van der Waals surface area contributed by atoms with Crippen molar-refractivity contribution in [2.24, 2.45) is 17.3 Å². The van der Waals surface area contributed by atoms with E-state index in [1.165, 1.54) is 0 Å². The minimum absolute atomic E-state index is 0.0470. The molecule has 0 bridgehead atoms. The highest BCUT2D eigenvalue weighted by Gasteiger charge is 2.49. The Bertz CT molecular complexity index is 1200. The van der Waals surface area contributed by atoms with Crippen molar-refractivity contribution in [2.45, 2.75) is 50.2 Å². The fourth-order valence-corrected chi connectivity index (χ4v) is 5.86. The Balaban J connectivity index is 1.40. The van der Waals surface area contributed by atoms with Crippen LogP contribution >= 0.6 is 11.6 Å². The number of benzene rings is 1. The van der Waals surface area contributed by atoms with Gasteiger partial charge in [-0.05, 0) is 49.1 Å². The summed E-state index contributed by atoms with van der Waals surface area (Å²) in [6, 6.07) is 14.4. The normalized spacial score (nSPS) is 29.7. The second kappa shape index (κ2) is 11.0. The number of ketones is 1. The highest BCUT2D eigenvalue weighted by molar-refractivity contribution is 6.30. The van der Waals surface area contributed by atoms with Gasteiger partial charge in [-0.25, -0.2) is 4.79 Å². The number of carbonyl (C=O) groups excluding carboxylic acids is 2. The summed E-state index contributed by atoms with van der Waals surface area (Å²) in [6.07, 6.45) is 3.87. The van der Waals surface area contributed by atoms with Crippen molar-refractivity contribution in [3.8, 4) is 6.07 Å². The molecule has 9 heteroatoms. The Morgan fingerprint density at radius 3 is 2.61 bits per heavy atom. The molecular formula is C29H34ClN5O3. The zero-order chi connectivity index (χ0) is 26.9. The van der Waals surface area contributed by atoms with Gasteiger partial charge < -0.3 is 20.3 Å². The minimum atomic E-state index is -0.631. The smallest absolute Gasteiger partial charge is 0.409 e. The molecule has 8 nitrogen and oxygen atoms in total. The van der Waals surface area contributed by atoms with Crippen molar-refractivity contribution in [1.82, 2.24) is 20.5 Å². The second-order valence-corrected chi connectivity index (χ2v) is 11.6. The van der Waals surface area contributed by atoms with Gasteiger partial charge in [-0.2, -0.15) is 5.26 Å². The fourth-order valence-electron chi connectivity index (χ4n) is 5.73. The number of aromatic nitrogens is 1. The largest absolute Gasteiger partial charge is 0.449 e. The van der Waals surface area contributed by atoms with Gasteiger partial charge in [0.2, 0.25) is 0 Å². The lowest BCUT2D eigenvalue weighted by atomic mass is 9.76. The molecule has 3 heterocycles. The van der Waals surface area contributed by atoms with Crippen molar-refractivity contribution < 1.29 is 14.3 Å². The summed E-state index contributed by atoms with van der Waals surface area (Å²) in [4.78, 5) is 33.4. The SMILES string of the molecule is CN(C(=O)OCC1(C)CC1)[C@@H]1C(C(=O)C2CC(c3ccccn3)NCC2C#N)NC[C@H]1c1ccc(Cl)cc1. The average molecular weight is 536 g/mol. The molecule has 1 aromatic heterocycles. The summed E-state index contributed by atoms with van der Waals surface area (Å²) in [5.41, 5.74) is 1.90. The number of amides is 1. The molecule has 3 fully saturated rings. The van der Waals surface area contributed by atoms with Crippen molar-refractivity contribution in [1.29, 1.82) is 5.26 Å². The zero-order valence-electron chi connectivity index (χ0n) is 21.8. The summed E-state index contributed by atoms with van der Waals surface area (Å²) < 4.78 is 5.69. The number of hydrogen-bond acceptors (Lipinski definition) is 7. The van der Waals surface area contributed by atoms with Crippen molar-refractivity contribution in [3.05, 3.63) is 64.9 Å². The maximum Gasteiger partial charge on any atom is 0.409 e. The number of ether oxygens (including phenoxy) is 1. The first-order valence-electron chi connectivity index (χ1n) is 13.3. The van der Waals surface area contributed by atoms with Gasteiger partial charge >= 0.3 is 6.09 Å². The molecule has 5 rings (SSSR count). The molecule has 6 atom stereocenters. The number of nitriles is 1. The predicted molar refractivity (Wildman–Crippen MR) is 143 cm³/mol. The van der Waals surface area contributed by atoms with Gasteiger partial charge in [-0.3, -0.25) is 9.78 Å². The Morgan fingerprint density at radius 1 is 1.18 bits per heavy atom. The van der Waals surface area contributed by atoms with E-state index in [1.54, 1.807) is 18.1 Å². The van der Waals surface area contributed by atoms with Crippen LogP contribution in [0.1, 0.15) is 49.4 Å². The van der Waals surface area contributed by atoms with Crippen LogP contribution in [0.25, 0.3) is 0 Å². The summed E-state index contributed by atoms with van der Waals surface area (Å²) >= 11 is 6.14. The molecule has 2 aromatic rings. The van der Waals surface area contributed by atoms with Crippen molar-refractivity contribution in [3.63, 3.8) is 0 Å². The maximum atomic E-state index is 14.2. The molecule has 38 heavy (non-hydrogen) atoms. The third-order valence-electron chi connectivity index (χ3n) is 8.43. The Labute approximate surface area is 228 Å². The lowest BCUT2D eigenvalue weighted by Gasteiger charge is -2.37. The fraction of sp³-hybridized carbons (Fsp3) is 0.517. The van der Waals surface area contributed by atoms with Crippen LogP contribution in [-0.4, -0.2) is 60.6 Å². The standard InChI is InChI=1S/C29H34ClN5O3/c1-29(10-11-29)17-38-28(37)35(2)26-22(18-6-8-20(30)9-7-18)16-34-25(26)27(36)21-13-24(33-15-19(21)14-31)23-5-3-4-12-32-23/h3-9,12,19,21-22,24-26,33-34H,10-11,13,15-17H2,1-2H3/t19?,21?,22-,24?,25?,26-/m0/s1. The average Bonchev–Trinajstić information content (AvgIpc) is 3.53. The van der Waals surface area contributed by atoms with Gasteiger partial charge in [0, 0.05) is 48.6 Å². The lowest BCUT2D eigenvalue weighted by molar-refractivity contribution is -0.127. The maximum absolute atomic E-state index is 14.2. The molecule has 3 aliphatic rings. The van der Waals surface area contributed by atoms with Gasteiger partial charge in [-0.1, -0.05) is 36.7 Å². The minimum Gasteiger partial charge on any atom is -0.449 e. The topological polar surface area (TPSA) is 107 Å². The van der Waals surface area contributed by atoms with E-state index in [4.69, 9.17) is 16.3 Å². The van der Waals surface area contributed by atoms with Crippen LogP contribution in [0.5, 0.6) is 0 Å². The van der Waals surface area contributed by atoms with Crippen LogP contribution < -0.4 is 10.6 Å². The summed E-state index contributed by atoms with van der Waals surface area (Å²) in [5.74, 6) is -1.14. The van der Waals surface area contributed by atoms with Gasteiger partial charge in [0.1, 0.15) is 0 Å². The van der Waals surface area contributed by atoms with E-state index >= 15 is 0 Å². The molecular weight excluding hydrogens is 502 g/mol. The number of nitrogens with one attached hydrogen (secondary N) is 2. The zero-order valence-corrected chi connectivity index (χ0v) is 22.5. The van der Waals surface area contributed by atoms with E-state index in [0.717, 1.165) is 24.1 Å². The van der Waals surface area contributed by atoms with Crippen LogP contribution in [0.15, 0.2) is 48.7 Å². The molecule has 4 unspecified atom stereocenters. The van der Waals surface area contributed by atoms with Crippen LogP contribution in [-0.2, 0) is 9.53 Å². The second-order valence-electron chi connectivity index (χ2n) is 11.2. The molecule has 1 saturated carbocycles. The lowest BCUT2D eigenvalue weighted by Crippen LogP contribution is -2.54. The quantitative estimate of drug-likeness (QED) is 0.550. The Kier molecular flexibility index (Phi) is 7.71. The van der Waals surface area contributed by atoms with E-state index in [-0.39, 0.29) is 23.2 Å². The van der Waals surface area contributed by atoms with E-state index in [9.17, 15) is 14.9 Å². The molecule has 1 aliphatic carbocycles. The van der Waals surface area contributed by atoms with Crippen molar-refractivity contribution in [2.75, 3.05) is 26.7 Å². The number of carbonyl (C=O) groups is 2. The first-order valence-corrected chi connectivity index (χ1v) is 13.6. The molecule has 1 aromatic carbocycles. The number of pyridine rings is 1. The number of Topliss-reactive ketones (excluding diaryl/α,β-unsaturated/α-hetero) is 1. The van der Waals surface area contributed by atoms with Gasteiger partial charge in [0.25, 0.3) is 0 Å². The monoisotopic (exact) mass is 535 g/mol. The first kappa shape index (κ1) is 26.6. The van der Waals surface area contributed by atoms with Crippen molar-refractivity contribution >= 4 is 23.5 Å². The Hall–Kier alpha value is -2.99. The van der Waals surface area contributed by atoms with Gasteiger partial charge in [0.15, 0.2) is 5.78 Å². The molecule has 0 radical (unpaired) electrons. The highest BCUT2D eigenvalue weighted by Crippen LogP contribution is 2.45. The van der Waals surface area contributed by atoms with Crippen LogP contribution in [0, 0.1) is 28.6 Å². The number of hydrogen-bond donors (Lipinski definition) is 2. The summed E-state index contributed by atoms with van der Waals surface area (Å²) in [5, 5.41) is 17.3. The third kappa shape index (κ3) is 5.56. The van der Waals surface area contributed by atoms with Crippen LogP contribution in [0.3, 0.4) is 0 Å². The number of likely N-dealkylation sites (N-methyl/N-ethyl adjacent to an activating group) is 1. The van der Waals surface area contributed by atoms with Crippen LogP contribution in [0.2, 0.25) is 5.02 Å². The number of nitrogens with zero attached hydrogens (tertiary/aromatic N) is 3. The van der Waals surface area contributed by atoms with E-state index in [1.807, 2.05) is 42.5 Å². The van der Waals surface area contributed by atoms with Gasteiger partial charge in [-0.15, -0.1) is 0 Å².